The number of halogens is 4. The molecule has 0 saturated carbocycles. The number of ether oxygens (including phenoxy) is 1. The van der Waals surface area contributed by atoms with E-state index in [1.807, 2.05) is 0 Å². The minimum absolute atomic E-state index is 0.224. The van der Waals surface area contributed by atoms with E-state index >= 15 is 0 Å². The molecule has 2 nitrogen and oxygen atoms in total. The third-order valence-corrected chi connectivity index (χ3v) is 3.55. The Morgan fingerprint density at radius 2 is 1.67 bits per heavy atom. The van der Waals surface area contributed by atoms with E-state index in [2.05, 4.69) is 4.74 Å². The van der Waals surface area contributed by atoms with Gasteiger partial charge in [-0.25, -0.2) is 0 Å². The fraction of sp³-hybridized carbons (Fsp3) is 0.200. The van der Waals surface area contributed by atoms with Gasteiger partial charge in [0.05, 0.1) is 6.04 Å². The van der Waals surface area contributed by atoms with Gasteiger partial charge in [0.1, 0.15) is 5.75 Å². The van der Waals surface area contributed by atoms with Crippen molar-refractivity contribution in [1.82, 2.24) is 0 Å². The van der Waals surface area contributed by atoms with Gasteiger partial charge in [-0.2, -0.15) is 0 Å². The summed E-state index contributed by atoms with van der Waals surface area (Å²) in [4.78, 5) is 0. The molecular weight excluding hydrogens is 303 g/mol. The molecule has 112 valence electrons. The standard InChI is InChI=1S/C15H13ClF3NO/c1-9-5-4-7-11(13(9)16)14(20)10-6-2-3-8-12(10)21-15(17,18)19/h2-8,14H,20H2,1H3. The van der Waals surface area contributed by atoms with Gasteiger partial charge in [-0.1, -0.05) is 48.0 Å². The highest BCUT2D eigenvalue weighted by atomic mass is 35.5. The Balaban J connectivity index is 2.44. The van der Waals surface area contributed by atoms with E-state index in [1.165, 1.54) is 18.2 Å². The van der Waals surface area contributed by atoms with Gasteiger partial charge in [0.25, 0.3) is 0 Å². The molecule has 0 heterocycles. The van der Waals surface area contributed by atoms with Gasteiger partial charge in [-0.05, 0) is 24.1 Å². The number of rotatable bonds is 3. The van der Waals surface area contributed by atoms with Crippen molar-refractivity contribution < 1.29 is 17.9 Å². The van der Waals surface area contributed by atoms with E-state index in [-0.39, 0.29) is 11.3 Å². The van der Waals surface area contributed by atoms with E-state index in [0.717, 1.165) is 5.56 Å². The number of alkyl halides is 3. The van der Waals surface area contributed by atoms with Crippen LogP contribution in [-0.4, -0.2) is 6.36 Å². The zero-order valence-electron chi connectivity index (χ0n) is 11.1. The van der Waals surface area contributed by atoms with Gasteiger partial charge in [0.15, 0.2) is 0 Å². The van der Waals surface area contributed by atoms with Crippen LogP contribution in [0.4, 0.5) is 13.2 Å². The lowest BCUT2D eigenvalue weighted by atomic mass is 9.97. The molecule has 0 radical (unpaired) electrons. The molecule has 6 heteroatoms. The minimum atomic E-state index is -4.77. The molecule has 0 aromatic heterocycles. The van der Waals surface area contributed by atoms with Crippen LogP contribution in [0.3, 0.4) is 0 Å². The first-order valence-corrected chi connectivity index (χ1v) is 6.52. The summed E-state index contributed by atoms with van der Waals surface area (Å²) in [5, 5.41) is 0.437. The van der Waals surface area contributed by atoms with E-state index < -0.39 is 12.4 Å². The number of nitrogens with two attached hydrogens (primary N) is 1. The highest BCUT2D eigenvalue weighted by Crippen LogP contribution is 2.35. The molecule has 0 bridgehead atoms. The van der Waals surface area contributed by atoms with Crippen LogP contribution in [0.25, 0.3) is 0 Å². The maximum absolute atomic E-state index is 12.4. The molecule has 0 aliphatic carbocycles. The number of aryl methyl sites for hydroxylation is 1. The average molecular weight is 316 g/mol. The predicted octanol–water partition coefficient (Wildman–Crippen LogP) is 4.60. The molecule has 2 rings (SSSR count). The van der Waals surface area contributed by atoms with Crippen LogP contribution in [0.1, 0.15) is 22.7 Å². The second-order valence-electron chi connectivity index (χ2n) is 4.54. The molecule has 21 heavy (non-hydrogen) atoms. The normalized spacial score (nSPS) is 13.0. The zero-order chi connectivity index (χ0) is 15.6. The number of hydrogen-bond acceptors (Lipinski definition) is 2. The van der Waals surface area contributed by atoms with Gasteiger partial charge in [-0.3, -0.25) is 0 Å². The lowest BCUT2D eigenvalue weighted by Gasteiger charge is -2.19. The van der Waals surface area contributed by atoms with Crippen molar-refractivity contribution in [2.24, 2.45) is 5.73 Å². The summed E-state index contributed by atoms with van der Waals surface area (Å²) in [7, 11) is 0. The predicted molar refractivity (Wildman–Crippen MR) is 75.3 cm³/mol. The molecule has 1 unspecified atom stereocenters. The Hall–Kier alpha value is -1.72. The van der Waals surface area contributed by atoms with E-state index in [1.54, 1.807) is 31.2 Å². The quantitative estimate of drug-likeness (QED) is 0.898. The molecule has 1 atom stereocenters. The molecule has 2 N–H and O–H groups in total. The Kier molecular flexibility index (Phi) is 4.44. The number of para-hydroxylation sites is 1. The summed E-state index contributed by atoms with van der Waals surface area (Å²) >= 11 is 6.18. The highest BCUT2D eigenvalue weighted by Gasteiger charge is 2.32. The maximum Gasteiger partial charge on any atom is 0.573 e. The summed E-state index contributed by atoms with van der Waals surface area (Å²) in [5.41, 5.74) is 7.65. The Labute approximate surface area is 125 Å². The lowest BCUT2D eigenvalue weighted by Crippen LogP contribution is -2.21. The van der Waals surface area contributed by atoms with Crippen molar-refractivity contribution in [3.8, 4) is 5.75 Å². The van der Waals surface area contributed by atoms with Crippen LogP contribution >= 0.6 is 11.6 Å². The lowest BCUT2D eigenvalue weighted by molar-refractivity contribution is -0.274. The van der Waals surface area contributed by atoms with Gasteiger partial charge in [0.2, 0.25) is 0 Å². The molecule has 2 aromatic rings. The first-order valence-electron chi connectivity index (χ1n) is 6.15. The largest absolute Gasteiger partial charge is 0.573 e. The number of hydrogen-bond donors (Lipinski definition) is 1. The van der Waals surface area contributed by atoms with Crippen LogP contribution in [0.2, 0.25) is 5.02 Å². The van der Waals surface area contributed by atoms with Crippen molar-refractivity contribution in [3.05, 3.63) is 64.2 Å². The van der Waals surface area contributed by atoms with Gasteiger partial charge >= 0.3 is 6.36 Å². The Bertz CT molecular complexity index is 643. The summed E-state index contributed by atoms with van der Waals surface area (Å²) in [6.45, 7) is 1.80. The summed E-state index contributed by atoms with van der Waals surface area (Å²) in [6, 6.07) is 10.2. The SMILES string of the molecule is Cc1cccc(C(N)c2ccccc2OC(F)(F)F)c1Cl. The minimum Gasteiger partial charge on any atom is -0.405 e. The van der Waals surface area contributed by atoms with Crippen molar-refractivity contribution in [2.75, 3.05) is 0 Å². The Morgan fingerprint density at radius 3 is 2.33 bits per heavy atom. The smallest absolute Gasteiger partial charge is 0.405 e. The third-order valence-electron chi connectivity index (χ3n) is 3.04. The van der Waals surface area contributed by atoms with E-state index in [4.69, 9.17) is 17.3 Å². The first kappa shape index (κ1) is 15.7. The fourth-order valence-electron chi connectivity index (χ4n) is 2.03. The molecule has 0 aliphatic heterocycles. The van der Waals surface area contributed by atoms with Gasteiger partial charge in [-0.15, -0.1) is 13.2 Å². The molecule has 0 aliphatic rings. The van der Waals surface area contributed by atoms with Crippen LogP contribution < -0.4 is 10.5 Å². The maximum atomic E-state index is 12.4. The van der Waals surface area contributed by atoms with Gasteiger partial charge in [0, 0.05) is 10.6 Å². The molecule has 0 spiro atoms. The van der Waals surface area contributed by atoms with Crippen molar-refractivity contribution in [2.45, 2.75) is 19.3 Å². The topological polar surface area (TPSA) is 35.2 Å². The van der Waals surface area contributed by atoms with Crippen LogP contribution in [0.15, 0.2) is 42.5 Å². The third kappa shape index (κ3) is 3.68. The first-order chi connectivity index (χ1) is 9.79. The van der Waals surface area contributed by atoms with Crippen molar-refractivity contribution in [1.29, 1.82) is 0 Å². The van der Waals surface area contributed by atoms with Crippen molar-refractivity contribution in [3.63, 3.8) is 0 Å². The van der Waals surface area contributed by atoms with Crippen LogP contribution in [-0.2, 0) is 0 Å². The van der Waals surface area contributed by atoms with Gasteiger partial charge < -0.3 is 10.5 Å². The zero-order valence-corrected chi connectivity index (χ0v) is 11.9. The average Bonchev–Trinajstić information content (AvgIpc) is 2.40. The monoisotopic (exact) mass is 315 g/mol. The second-order valence-corrected chi connectivity index (χ2v) is 4.92. The second kappa shape index (κ2) is 5.95. The molecule has 0 amide bonds. The molecular formula is C15H13ClF3NO. The Morgan fingerprint density at radius 1 is 1.05 bits per heavy atom. The highest BCUT2D eigenvalue weighted by molar-refractivity contribution is 6.32. The number of benzene rings is 2. The fourth-order valence-corrected chi connectivity index (χ4v) is 2.28. The molecule has 2 aromatic carbocycles. The van der Waals surface area contributed by atoms with Crippen molar-refractivity contribution >= 4 is 11.6 Å². The summed E-state index contributed by atoms with van der Waals surface area (Å²) in [5.74, 6) is -0.324. The summed E-state index contributed by atoms with van der Waals surface area (Å²) in [6.07, 6.45) is -4.77. The van der Waals surface area contributed by atoms with Crippen LogP contribution in [0, 0.1) is 6.92 Å². The molecule has 0 saturated heterocycles. The van der Waals surface area contributed by atoms with E-state index in [9.17, 15) is 13.2 Å². The van der Waals surface area contributed by atoms with E-state index in [0.29, 0.717) is 10.6 Å². The molecule has 0 fully saturated rings. The van der Waals surface area contributed by atoms with Crippen LogP contribution in [0.5, 0.6) is 5.75 Å². The summed E-state index contributed by atoms with van der Waals surface area (Å²) < 4.78 is 41.3.